The van der Waals surface area contributed by atoms with Gasteiger partial charge >= 0.3 is 0 Å². The van der Waals surface area contributed by atoms with Crippen molar-refractivity contribution in [2.45, 2.75) is 18.7 Å². The second-order valence-electron chi connectivity index (χ2n) is 2.88. The van der Waals surface area contributed by atoms with Gasteiger partial charge in [-0.25, -0.2) is 13.0 Å². The SMILES string of the molecule is CC(C[n+]1ccccc1)S(=O)(=O)[O-]. The van der Waals surface area contributed by atoms with E-state index in [1.165, 1.54) is 6.92 Å². The molecule has 0 fully saturated rings. The molecule has 1 unspecified atom stereocenters. The van der Waals surface area contributed by atoms with Gasteiger partial charge in [0.25, 0.3) is 0 Å². The average Bonchev–Trinajstić information content (AvgIpc) is 2.04. The summed E-state index contributed by atoms with van der Waals surface area (Å²) < 4.78 is 33.4. The Labute approximate surface area is 77.6 Å². The van der Waals surface area contributed by atoms with Crippen molar-refractivity contribution < 1.29 is 17.5 Å². The highest BCUT2D eigenvalue weighted by atomic mass is 32.2. The predicted octanol–water partition coefficient (Wildman–Crippen LogP) is -0.0922. The van der Waals surface area contributed by atoms with Crippen molar-refractivity contribution >= 4 is 10.1 Å². The Balaban J connectivity index is 2.72. The van der Waals surface area contributed by atoms with Crippen LogP contribution >= 0.6 is 0 Å². The van der Waals surface area contributed by atoms with Crippen molar-refractivity contribution in [1.29, 1.82) is 0 Å². The molecule has 0 aliphatic heterocycles. The van der Waals surface area contributed by atoms with Crippen LogP contribution in [0.4, 0.5) is 0 Å². The number of nitrogens with zero attached hydrogens (tertiary/aromatic N) is 1. The van der Waals surface area contributed by atoms with Crippen LogP contribution in [0, 0.1) is 0 Å². The molecule has 0 aliphatic carbocycles. The van der Waals surface area contributed by atoms with Crippen LogP contribution in [0.2, 0.25) is 0 Å². The van der Waals surface area contributed by atoms with E-state index in [4.69, 9.17) is 0 Å². The van der Waals surface area contributed by atoms with Gasteiger partial charge < -0.3 is 4.55 Å². The van der Waals surface area contributed by atoms with Gasteiger partial charge in [-0.3, -0.25) is 0 Å². The highest BCUT2D eigenvalue weighted by Crippen LogP contribution is 1.96. The molecule has 1 heterocycles. The third-order valence-corrected chi connectivity index (χ3v) is 2.87. The van der Waals surface area contributed by atoms with Gasteiger partial charge in [0.1, 0.15) is 15.4 Å². The number of hydrogen-bond acceptors (Lipinski definition) is 3. The van der Waals surface area contributed by atoms with Crippen LogP contribution in [0.1, 0.15) is 6.92 Å². The quantitative estimate of drug-likeness (QED) is 0.507. The third-order valence-electron chi connectivity index (χ3n) is 1.74. The van der Waals surface area contributed by atoms with Crippen molar-refractivity contribution in [2.75, 3.05) is 0 Å². The van der Waals surface area contributed by atoms with E-state index in [0.29, 0.717) is 0 Å². The molecule has 0 N–H and O–H groups in total. The molecule has 0 spiro atoms. The van der Waals surface area contributed by atoms with E-state index in [2.05, 4.69) is 0 Å². The van der Waals surface area contributed by atoms with Gasteiger partial charge in [0.15, 0.2) is 18.9 Å². The van der Waals surface area contributed by atoms with E-state index < -0.39 is 15.4 Å². The summed E-state index contributed by atoms with van der Waals surface area (Å²) >= 11 is 0. The zero-order valence-corrected chi connectivity index (χ0v) is 8.07. The van der Waals surface area contributed by atoms with Crippen LogP contribution in [-0.2, 0) is 16.7 Å². The molecule has 0 radical (unpaired) electrons. The third kappa shape index (κ3) is 3.12. The Hall–Kier alpha value is -0.940. The first-order chi connectivity index (χ1) is 6.00. The van der Waals surface area contributed by atoms with Gasteiger partial charge in [0, 0.05) is 12.1 Å². The zero-order valence-electron chi connectivity index (χ0n) is 7.25. The highest BCUT2D eigenvalue weighted by molar-refractivity contribution is 7.86. The molecule has 5 heteroatoms. The molecule has 1 atom stereocenters. The lowest BCUT2D eigenvalue weighted by Crippen LogP contribution is -2.40. The van der Waals surface area contributed by atoms with Crippen molar-refractivity contribution in [1.82, 2.24) is 0 Å². The molecule has 72 valence electrons. The molecule has 0 aliphatic rings. The normalized spacial score (nSPS) is 14.0. The molecule has 1 rings (SSSR count). The summed E-state index contributed by atoms with van der Waals surface area (Å²) in [5.41, 5.74) is 0. The smallest absolute Gasteiger partial charge is 0.168 e. The largest absolute Gasteiger partial charge is 0.748 e. The van der Waals surface area contributed by atoms with Crippen LogP contribution in [-0.4, -0.2) is 18.2 Å². The van der Waals surface area contributed by atoms with Crippen LogP contribution in [0.25, 0.3) is 0 Å². The fraction of sp³-hybridized carbons (Fsp3) is 0.375. The fourth-order valence-corrected chi connectivity index (χ4v) is 1.30. The fourth-order valence-electron chi connectivity index (χ4n) is 0.944. The van der Waals surface area contributed by atoms with Gasteiger partial charge in [-0.15, -0.1) is 0 Å². The molecule has 0 amide bonds. The molecule has 4 nitrogen and oxygen atoms in total. The van der Waals surface area contributed by atoms with Crippen molar-refractivity contribution in [3.63, 3.8) is 0 Å². The lowest BCUT2D eigenvalue weighted by atomic mass is 10.4. The summed E-state index contributed by atoms with van der Waals surface area (Å²) in [5.74, 6) is 0. The lowest BCUT2D eigenvalue weighted by molar-refractivity contribution is -0.696. The number of aromatic nitrogens is 1. The first-order valence-corrected chi connectivity index (χ1v) is 5.36. The van der Waals surface area contributed by atoms with Gasteiger partial charge in [-0.2, -0.15) is 0 Å². The molecule has 0 saturated carbocycles. The minimum Gasteiger partial charge on any atom is -0.748 e. The van der Waals surface area contributed by atoms with Crippen LogP contribution in [0.5, 0.6) is 0 Å². The Bertz CT molecular complexity index is 360. The summed E-state index contributed by atoms with van der Waals surface area (Å²) in [6.45, 7) is 1.61. The highest BCUT2D eigenvalue weighted by Gasteiger charge is 2.14. The average molecular weight is 201 g/mol. The monoisotopic (exact) mass is 201 g/mol. The molecular formula is C8H11NO3S. The lowest BCUT2D eigenvalue weighted by Gasteiger charge is -2.12. The Morgan fingerprint density at radius 2 is 1.85 bits per heavy atom. The summed E-state index contributed by atoms with van der Waals surface area (Å²) in [6, 6.07) is 5.39. The van der Waals surface area contributed by atoms with Gasteiger partial charge in [-0.1, -0.05) is 6.07 Å². The summed E-state index contributed by atoms with van der Waals surface area (Å²) in [7, 11) is -4.17. The van der Waals surface area contributed by atoms with E-state index in [1.807, 2.05) is 6.07 Å². The van der Waals surface area contributed by atoms with E-state index >= 15 is 0 Å². The minimum atomic E-state index is -4.17. The topological polar surface area (TPSA) is 61.1 Å². The molecule has 0 aromatic carbocycles. The Morgan fingerprint density at radius 3 is 2.31 bits per heavy atom. The van der Waals surface area contributed by atoms with E-state index in [-0.39, 0.29) is 6.54 Å². The molecule has 0 bridgehead atoms. The summed E-state index contributed by atoms with van der Waals surface area (Å²) in [6.07, 6.45) is 3.45. The molecule has 1 aromatic rings. The number of rotatable bonds is 3. The molecule has 1 aromatic heterocycles. The predicted molar refractivity (Wildman–Crippen MR) is 45.8 cm³/mol. The molecule has 13 heavy (non-hydrogen) atoms. The first-order valence-electron chi connectivity index (χ1n) is 3.89. The summed E-state index contributed by atoms with van der Waals surface area (Å²) in [4.78, 5) is 0. The van der Waals surface area contributed by atoms with Gasteiger partial charge in [-0.05, 0) is 6.92 Å². The van der Waals surface area contributed by atoms with Gasteiger partial charge in [0.2, 0.25) is 0 Å². The van der Waals surface area contributed by atoms with Crippen molar-refractivity contribution in [3.8, 4) is 0 Å². The number of hydrogen-bond donors (Lipinski definition) is 0. The van der Waals surface area contributed by atoms with E-state index in [9.17, 15) is 13.0 Å². The summed E-state index contributed by atoms with van der Waals surface area (Å²) in [5, 5.41) is -0.889. The van der Waals surface area contributed by atoms with Gasteiger partial charge in [0.05, 0.1) is 0 Å². The maximum absolute atomic E-state index is 10.6. The second kappa shape index (κ2) is 3.85. The number of pyridine rings is 1. The second-order valence-corrected chi connectivity index (χ2v) is 4.67. The van der Waals surface area contributed by atoms with Crippen molar-refractivity contribution in [3.05, 3.63) is 30.6 Å². The maximum Gasteiger partial charge on any atom is 0.168 e. The standard InChI is InChI=1S/C8H11NO3S/c1-8(13(10,11)12)7-9-5-3-2-4-6-9/h2-6,8H,7H2,1H3. The Morgan fingerprint density at radius 1 is 1.31 bits per heavy atom. The van der Waals surface area contributed by atoms with Crippen LogP contribution in [0.15, 0.2) is 30.6 Å². The Kier molecular flexibility index (Phi) is 3.00. The maximum atomic E-state index is 10.6. The zero-order chi connectivity index (χ0) is 9.90. The van der Waals surface area contributed by atoms with E-state index in [0.717, 1.165) is 0 Å². The van der Waals surface area contributed by atoms with E-state index in [1.54, 1.807) is 29.1 Å². The molecular weight excluding hydrogens is 190 g/mol. The van der Waals surface area contributed by atoms with Crippen LogP contribution in [0.3, 0.4) is 0 Å². The minimum absolute atomic E-state index is 0.201. The first kappa shape index (κ1) is 10.1. The van der Waals surface area contributed by atoms with Crippen molar-refractivity contribution in [2.24, 2.45) is 0 Å². The molecule has 0 saturated heterocycles. The van der Waals surface area contributed by atoms with Crippen LogP contribution < -0.4 is 4.57 Å².